The maximum atomic E-state index is 5.95. The monoisotopic (exact) mass is 310 g/mol. The van der Waals surface area contributed by atoms with Crippen molar-refractivity contribution >= 4 is 44.6 Å². The molecule has 0 atom stereocenters. The highest BCUT2D eigenvalue weighted by Gasteiger charge is 2.05. The Balaban J connectivity index is 2.38. The lowest BCUT2D eigenvalue weighted by Gasteiger charge is -2.12. The number of hydrogen-bond donors (Lipinski definition) is 2. The molecule has 2 rings (SSSR count). The first kappa shape index (κ1) is 12.3. The van der Waals surface area contributed by atoms with Crippen LogP contribution in [0.5, 0.6) is 0 Å². The van der Waals surface area contributed by atoms with Gasteiger partial charge in [0.1, 0.15) is 0 Å². The summed E-state index contributed by atoms with van der Waals surface area (Å²) in [5.74, 6) is 0. The summed E-state index contributed by atoms with van der Waals surface area (Å²) >= 11 is 9.49. The van der Waals surface area contributed by atoms with Crippen molar-refractivity contribution in [2.75, 3.05) is 11.1 Å². The van der Waals surface area contributed by atoms with E-state index < -0.39 is 0 Å². The number of benzene rings is 2. The second-order valence-electron chi connectivity index (χ2n) is 3.79. The molecule has 0 aliphatic carbocycles. The molecule has 2 aromatic carbocycles. The van der Waals surface area contributed by atoms with Gasteiger partial charge in [0.05, 0.1) is 17.1 Å². The summed E-state index contributed by atoms with van der Waals surface area (Å²) in [4.78, 5) is 0. The molecule has 0 fully saturated rings. The summed E-state index contributed by atoms with van der Waals surface area (Å²) in [6, 6.07) is 11.4. The lowest BCUT2D eigenvalue weighted by atomic mass is 10.2. The zero-order valence-electron chi connectivity index (χ0n) is 9.30. The molecule has 3 N–H and O–H groups in total. The molecule has 4 heteroatoms. The molecule has 0 saturated carbocycles. The molecule has 88 valence electrons. The van der Waals surface area contributed by atoms with Crippen molar-refractivity contribution in [1.82, 2.24) is 0 Å². The summed E-state index contributed by atoms with van der Waals surface area (Å²) in [5.41, 5.74) is 9.50. The second kappa shape index (κ2) is 4.98. The van der Waals surface area contributed by atoms with Crippen molar-refractivity contribution in [1.29, 1.82) is 0 Å². The number of anilines is 3. The Kier molecular flexibility index (Phi) is 3.60. The van der Waals surface area contributed by atoms with E-state index in [1.807, 2.05) is 31.2 Å². The quantitative estimate of drug-likeness (QED) is 0.786. The zero-order valence-corrected chi connectivity index (χ0v) is 11.6. The highest BCUT2D eigenvalue weighted by Crippen LogP contribution is 2.32. The molecule has 0 radical (unpaired) electrons. The molecule has 0 aromatic heterocycles. The summed E-state index contributed by atoms with van der Waals surface area (Å²) in [6.45, 7) is 2.04. The molecule has 0 aliphatic rings. The number of rotatable bonds is 2. The van der Waals surface area contributed by atoms with Crippen LogP contribution in [0.1, 0.15) is 5.56 Å². The van der Waals surface area contributed by atoms with E-state index in [-0.39, 0.29) is 0 Å². The minimum Gasteiger partial charge on any atom is -0.397 e. The van der Waals surface area contributed by atoms with Gasteiger partial charge < -0.3 is 11.1 Å². The lowest BCUT2D eigenvalue weighted by Crippen LogP contribution is -1.97. The van der Waals surface area contributed by atoms with Crippen LogP contribution in [0.4, 0.5) is 17.1 Å². The molecule has 0 heterocycles. The van der Waals surface area contributed by atoms with Gasteiger partial charge in [-0.25, -0.2) is 0 Å². The van der Waals surface area contributed by atoms with Crippen molar-refractivity contribution in [3.63, 3.8) is 0 Å². The Hall–Kier alpha value is -1.19. The number of halogens is 2. The van der Waals surface area contributed by atoms with Crippen molar-refractivity contribution in [2.45, 2.75) is 6.92 Å². The van der Waals surface area contributed by atoms with Crippen LogP contribution >= 0.6 is 27.5 Å². The van der Waals surface area contributed by atoms with Gasteiger partial charge in [-0.1, -0.05) is 23.7 Å². The fraction of sp³-hybridized carbons (Fsp3) is 0.0769. The summed E-state index contributed by atoms with van der Waals surface area (Å²) in [7, 11) is 0. The van der Waals surface area contributed by atoms with Gasteiger partial charge in [-0.05, 0) is 52.7 Å². The average Bonchev–Trinajstić information content (AvgIpc) is 2.30. The molecule has 2 aromatic rings. The number of nitrogens with two attached hydrogens (primary N) is 1. The predicted molar refractivity (Wildman–Crippen MR) is 78.0 cm³/mol. The predicted octanol–water partition coefficient (Wildman–Crippen LogP) is 4.74. The van der Waals surface area contributed by atoms with Gasteiger partial charge in [-0.2, -0.15) is 0 Å². The first-order chi connectivity index (χ1) is 8.08. The Labute approximate surface area is 114 Å². The Bertz CT molecular complexity index is 555. The molecule has 0 amide bonds. The van der Waals surface area contributed by atoms with Crippen LogP contribution < -0.4 is 11.1 Å². The number of aryl methyl sites for hydroxylation is 1. The minimum absolute atomic E-state index is 0.658. The topological polar surface area (TPSA) is 38.0 Å². The summed E-state index contributed by atoms with van der Waals surface area (Å²) in [5, 5.41) is 3.92. The van der Waals surface area contributed by atoms with Gasteiger partial charge in [0.25, 0.3) is 0 Å². The normalized spacial score (nSPS) is 10.3. The molecule has 0 unspecified atom stereocenters. The molecule has 17 heavy (non-hydrogen) atoms. The highest BCUT2D eigenvalue weighted by atomic mass is 79.9. The summed E-state index contributed by atoms with van der Waals surface area (Å²) < 4.78 is 1.03. The van der Waals surface area contributed by atoms with Crippen molar-refractivity contribution < 1.29 is 0 Å². The fourth-order valence-corrected chi connectivity index (χ4v) is 2.06. The van der Waals surface area contributed by atoms with Gasteiger partial charge in [-0.3, -0.25) is 0 Å². The molecule has 0 saturated heterocycles. The average molecular weight is 312 g/mol. The SMILES string of the molecule is Cc1cccc(Nc2cc(Cl)ccc2N)c1Br. The van der Waals surface area contributed by atoms with Crippen molar-refractivity contribution in [3.8, 4) is 0 Å². The zero-order chi connectivity index (χ0) is 12.4. The van der Waals surface area contributed by atoms with Crippen molar-refractivity contribution in [2.24, 2.45) is 0 Å². The highest BCUT2D eigenvalue weighted by molar-refractivity contribution is 9.10. The van der Waals surface area contributed by atoms with Gasteiger partial charge in [-0.15, -0.1) is 0 Å². The third kappa shape index (κ3) is 2.73. The van der Waals surface area contributed by atoms with Crippen LogP contribution in [0.15, 0.2) is 40.9 Å². The van der Waals surface area contributed by atoms with Crippen LogP contribution in [0.2, 0.25) is 5.02 Å². The van der Waals surface area contributed by atoms with Crippen molar-refractivity contribution in [3.05, 3.63) is 51.5 Å². The number of nitrogen functional groups attached to an aromatic ring is 1. The van der Waals surface area contributed by atoms with E-state index in [0.29, 0.717) is 10.7 Å². The van der Waals surface area contributed by atoms with E-state index in [2.05, 4.69) is 21.2 Å². The first-order valence-corrected chi connectivity index (χ1v) is 6.32. The largest absolute Gasteiger partial charge is 0.397 e. The maximum absolute atomic E-state index is 5.95. The van der Waals surface area contributed by atoms with E-state index in [4.69, 9.17) is 17.3 Å². The van der Waals surface area contributed by atoms with E-state index in [1.165, 1.54) is 0 Å². The van der Waals surface area contributed by atoms with Gasteiger partial charge in [0.2, 0.25) is 0 Å². The van der Waals surface area contributed by atoms with Crippen LogP contribution in [0.25, 0.3) is 0 Å². The van der Waals surface area contributed by atoms with E-state index >= 15 is 0 Å². The van der Waals surface area contributed by atoms with E-state index in [0.717, 1.165) is 21.4 Å². The third-order valence-corrected chi connectivity index (χ3v) is 3.76. The van der Waals surface area contributed by atoms with Crippen LogP contribution in [-0.4, -0.2) is 0 Å². The van der Waals surface area contributed by atoms with E-state index in [1.54, 1.807) is 12.1 Å². The Morgan fingerprint density at radius 1 is 1.18 bits per heavy atom. The van der Waals surface area contributed by atoms with Gasteiger partial charge >= 0.3 is 0 Å². The first-order valence-electron chi connectivity index (χ1n) is 5.15. The molecular weight excluding hydrogens is 300 g/mol. The van der Waals surface area contributed by atoms with E-state index in [9.17, 15) is 0 Å². The maximum Gasteiger partial charge on any atom is 0.0633 e. The molecule has 0 bridgehead atoms. The smallest absolute Gasteiger partial charge is 0.0633 e. The summed E-state index contributed by atoms with van der Waals surface area (Å²) in [6.07, 6.45) is 0. The van der Waals surface area contributed by atoms with Crippen LogP contribution in [0, 0.1) is 6.92 Å². The minimum atomic E-state index is 0.658. The number of nitrogens with one attached hydrogen (secondary N) is 1. The Morgan fingerprint density at radius 2 is 1.94 bits per heavy atom. The standard InChI is InChI=1S/C13H12BrClN2/c1-8-3-2-4-11(13(8)14)17-12-7-9(15)5-6-10(12)16/h2-7,17H,16H2,1H3. The van der Waals surface area contributed by atoms with Gasteiger partial charge in [0, 0.05) is 9.50 Å². The fourth-order valence-electron chi connectivity index (χ4n) is 1.53. The number of hydrogen-bond acceptors (Lipinski definition) is 2. The Morgan fingerprint density at radius 3 is 2.71 bits per heavy atom. The molecule has 2 nitrogen and oxygen atoms in total. The second-order valence-corrected chi connectivity index (χ2v) is 5.02. The lowest BCUT2D eigenvalue weighted by molar-refractivity contribution is 1.41. The molecule has 0 spiro atoms. The molecular formula is C13H12BrClN2. The third-order valence-electron chi connectivity index (χ3n) is 2.48. The van der Waals surface area contributed by atoms with Crippen LogP contribution in [-0.2, 0) is 0 Å². The van der Waals surface area contributed by atoms with Gasteiger partial charge in [0.15, 0.2) is 0 Å². The van der Waals surface area contributed by atoms with Crippen LogP contribution in [0.3, 0.4) is 0 Å². The molecule has 0 aliphatic heterocycles.